The first-order valence-electron chi connectivity index (χ1n) is 10.8. The summed E-state index contributed by atoms with van der Waals surface area (Å²) in [5, 5.41) is 4.74. The fraction of sp³-hybridized carbons (Fsp3) is 0.231. The average Bonchev–Trinajstić information content (AvgIpc) is 2.84. The zero-order valence-electron chi connectivity index (χ0n) is 18.9. The number of hydrogen-bond acceptors (Lipinski definition) is 3. The zero-order chi connectivity index (χ0) is 25.4. The second-order valence-electron chi connectivity index (χ2n) is 7.81. The number of likely N-dealkylation sites (N-methyl/N-ethyl adjacent to an activating group) is 1. The molecule has 1 N–H and O–H groups in total. The van der Waals surface area contributed by atoms with Crippen LogP contribution in [0.25, 0.3) is 0 Å². The van der Waals surface area contributed by atoms with Crippen LogP contribution in [0, 0.1) is 0 Å². The monoisotopic (exact) mass is 568 g/mol. The summed E-state index contributed by atoms with van der Waals surface area (Å²) < 4.78 is 0. The Bertz CT molecular complexity index is 1180. The summed E-state index contributed by atoms with van der Waals surface area (Å²) in [6.45, 7) is 0.169. The number of rotatable bonds is 10. The van der Waals surface area contributed by atoms with Crippen molar-refractivity contribution in [3.63, 3.8) is 0 Å². The van der Waals surface area contributed by atoms with Crippen molar-refractivity contribution in [1.82, 2.24) is 10.2 Å². The van der Waals surface area contributed by atoms with Crippen LogP contribution in [-0.2, 0) is 28.3 Å². The minimum atomic E-state index is -0.721. The summed E-state index contributed by atoms with van der Waals surface area (Å²) in [7, 11) is 1.57. The van der Waals surface area contributed by atoms with Gasteiger partial charge in [0.1, 0.15) is 6.04 Å². The zero-order valence-corrected chi connectivity index (χ0v) is 22.8. The van der Waals surface area contributed by atoms with Gasteiger partial charge in [-0.3, -0.25) is 9.59 Å². The standard InChI is InChI=1S/C26H24Cl4N2O2S/c1-31-26(34)24(11-17-5-3-2-4-6-17)32(14-18-7-9-20(27)12-22(18)29)25(33)16-35-15-19-8-10-21(28)13-23(19)30/h2-10,12-13,24H,11,14-16H2,1H3,(H,31,34)/t24-/m1/s1. The highest BCUT2D eigenvalue weighted by Gasteiger charge is 2.30. The molecule has 0 spiro atoms. The van der Waals surface area contributed by atoms with Crippen LogP contribution in [0.5, 0.6) is 0 Å². The third-order valence-electron chi connectivity index (χ3n) is 5.37. The van der Waals surface area contributed by atoms with Gasteiger partial charge in [0, 0.05) is 45.9 Å². The fourth-order valence-corrected chi connectivity index (χ4v) is 5.46. The maximum atomic E-state index is 13.5. The number of carbonyl (C=O) groups is 2. The van der Waals surface area contributed by atoms with E-state index in [2.05, 4.69) is 5.32 Å². The second-order valence-corrected chi connectivity index (χ2v) is 10.5. The van der Waals surface area contributed by atoms with Gasteiger partial charge in [0.25, 0.3) is 0 Å². The van der Waals surface area contributed by atoms with E-state index in [1.54, 1.807) is 42.3 Å². The van der Waals surface area contributed by atoms with Gasteiger partial charge in [0.05, 0.1) is 5.75 Å². The van der Waals surface area contributed by atoms with Gasteiger partial charge in [0.15, 0.2) is 0 Å². The summed E-state index contributed by atoms with van der Waals surface area (Å²) in [5.41, 5.74) is 2.53. The Labute approximate surface area is 229 Å². The van der Waals surface area contributed by atoms with Crippen molar-refractivity contribution in [2.24, 2.45) is 0 Å². The highest BCUT2D eigenvalue weighted by molar-refractivity contribution is 7.99. The largest absolute Gasteiger partial charge is 0.357 e. The van der Waals surface area contributed by atoms with Crippen LogP contribution >= 0.6 is 58.2 Å². The topological polar surface area (TPSA) is 49.4 Å². The van der Waals surface area contributed by atoms with Crippen LogP contribution in [0.1, 0.15) is 16.7 Å². The van der Waals surface area contributed by atoms with E-state index < -0.39 is 6.04 Å². The fourth-order valence-electron chi connectivity index (χ4n) is 3.52. The Morgan fingerprint density at radius 3 is 2.06 bits per heavy atom. The number of benzene rings is 3. The van der Waals surface area contributed by atoms with Gasteiger partial charge in [-0.2, -0.15) is 0 Å². The lowest BCUT2D eigenvalue weighted by Crippen LogP contribution is -2.50. The third kappa shape index (κ3) is 8.06. The Balaban J connectivity index is 1.84. The maximum Gasteiger partial charge on any atom is 0.242 e. The van der Waals surface area contributed by atoms with Crippen LogP contribution in [0.2, 0.25) is 20.1 Å². The SMILES string of the molecule is CNC(=O)[C@@H](Cc1ccccc1)N(Cc1ccc(Cl)cc1Cl)C(=O)CSCc1ccc(Cl)cc1Cl. The minimum Gasteiger partial charge on any atom is -0.357 e. The average molecular weight is 570 g/mol. The third-order valence-corrected chi connectivity index (χ3v) is 7.51. The molecule has 0 fully saturated rings. The quantitative estimate of drug-likeness (QED) is 0.288. The predicted molar refractivity (Wildman–Crippen MR) is 148 cm³/mol. The molecule has 0 unspecified atom stereocenters. The molecule has 0 aromatic heterocycles. The number of halogens is 4. The molecule has 3 rings (SSSR count). The number of carbonyl (C=O) groups excluding carboxylic acids is 2. The normalized spacial score (nSPS) is 11.7. The van der Waals surface area contributed by atoms with Crippen molar-refractivity contribution < 1.29 is 9.59 Å². The molecule has 35 heavy (non-hydrogen) atoms. The summed E-state index contributed by atoms with van der Waals surface area (Å²) in [6.07, 6.45) is 0.366. The van der Waals surface area contributed by atoms with Gasteiger partial charge in [-0.25, -0.2) is 0 Å². The molecule has 0 aliphatic carbocycles. The Morgan fingerprint density at radius 2 is 1.49 bits per heavy atom. The molecule has 0 radical (unpaired) electrons. The van der Waals surface area contributed by atoms with Crippen LogP contribution in [-0.4, -0.2) is 35.6 Å². The first-order valence-corrected chi connectivity index (χ1v) is 13.5. The first kappa shape index (κ1) is 27.7. The summed E-state index contributed by atoms with van der Waals surface area (Å²) >= 11 is 26.1. The van der Waals surface area contributed by atoms with E-state index in [0.29, 0.717) is 37.8 Å². The predicted octanol–water partition coefficient (Wildman–Crippen LogP) is 6.92. The van der Waals surface area contributed by atoms with E-state index in [1.807, 2.05) is 36.4 Å². The van der Waals surface area contributed by atoms with E-state index in [9.17, 15) is 9.59 Å². The molecular formula is C26H24Cl4N2O2S. The van der Waals surface area contributed by atoms with Gasteiger partial charge in [-0.15, -0.1) is 11.8 Å². The van der Waals surface area contributed by atoms with Crippen molar-refractivity contribution in [3.05, 3.63) is 104 Å². The van der Waals surface area contributed by atoms with Gasteiger partial charge < -0.3 is 10.2 Å². The minimum absolute atomic E-state index is 0.159. The molecule has 0 saturated carbocycles. The number of hydrogen-bond donors (Lipinski definition) is 1. The molecule has 2 amide bonds. The Morgan fingerprint density at radius 1 is 0.886 bits per heavy atom. The molecule has 3 aromatic carbocycles. The van der Waals surface area contributed by atoms with E-state index >= 15 is 0 Å². The van der Waals surface area contributed by atoms with Crippen molar-refractivity contribution in [2.75, 3.05) is 12.8 Å². The number of nitrogens with one attached hydrogen (secondary N) is 1. The number of amides is 2. The summed E-state index contributed by atoms with van der Waals surface area (Å²) in [4.78, 5) is 28.1. The first-order chi connectivity index (χ1) is 16.8. The van der Waals surface area contributed by atoms with E-state index in [0.717, 1.165) is 11.1 Å². The Hall–Kier alpha value is -1.89. The summed E-state index contributed by atoms with van der Waals surface area (Å²) in [5.74, 6) is 0.251. The van der Waals surface area contributed by atoms with Crippen molar-refractivity contribution in [1.29, 1.82) is 0 Å². The van der Waals surface area contributed by atoms with E-state index in [4.69, 9.17) is 46.4 Å². The molecule has 4 nitrogen and oxygen atoms in total. The molecule has 3 aromatic rings. The highest BCUT2D eigenvalue weighted by Crippen LogP contribution is 2.27. The van der Waals surface area contributed by atoms with Crippen molar-refractivity contribution in [2.45, 2.75) is 24.8 Å². The highest BCUT2D eigenvalue weighted by atomic mass is 35.5. The lowest BCUT2D eigenvalue weighted by molar-refractivity contribution is -0.139. The maximum absolute atomic E-state index is 13.5. The lowest BCUT2D eigenvalue weighted by Gasteiger charge is -2.31. The molecule has 9 heteroatoms. The smallest absolute Gasteiger partial charge is 0.242 e. The molecule has 0 saturated heterocycles. The molecule has 0 bridgehead atoms. The lowest BCUT2D eigenvalue weighted by atomic mass is 10.0. The van der Waals surface area contributed by atoms with Crippen molar-refractivity contribution in [3.8, 4) is 0 Å². The summed E-state index contributed by atoms with van der Waals surface area (Å²) in [6, 6.07) is 19.3. The Kier molecular flexibility index (Phi) is 10.6. The van der Waals surface area contributed by atoms with Crippen LogP contribution < -0.4 is 5.32 Å². The second kappa shape index (κ2) is 13.4. The van der Waals surface area contributed by atoms with Crippen LogP contribution in [0.3, 0.4) is 0 Å². The van der Waals surface area contributed by atoms with E-state index in [1.165, 1.54) is 11.8 Å². The van der Waals surface area contributed by atoms with Gasteiger partial charge in [0.2, 0.25) is 11.8 Å². The molecule has 0 aliphatic heterocycles. The molecule has 0 aliphatic rings. The van der Waals surface area contributed by atoms with E-state index in [-0.39, 0.29) is 24.1 Å². The van der Waals surface area contributed by atoms with Gasteiger partial charge in [-0.05, 0) is 41.0 Å². The van der Waals surface area contributed by atoms with Gasteiger partial charge >= 0.3 is 0 Å². The molecule has 0 heterocycles. The van der Waals surface area contributed by atoms with Crippen molar-refractivity contribution >= 4 is 70.0 Å². The molecule has 1 atom stereocenters. The van der Waals surface area contributed by atoms with Crippen LogP contribution in [0.4, 0.5) is 0 Å². The molecule has 184 valence electrons. The van der Waals surface area contributed by atoms with Crippen LogP contribution in [0.15, 0.2) is 66.7 Å². The number of thioether (sulfide) groups is 1. The van der Waals surface area contributed by atoms with Gasteiger partial charge in [-0.1, -0.05) is 88.9 Å². The molecular weight excluding hydrogens is 546 g/mol. The number of nitrogens with zero attached hydrogens (tertiary/aromatic N) is 1.